The maximum Gasteiger partial charge on any atom is 0.255 e. The van der Waals surface area contributed by atoms with E-state index in [2.05, 4.69) is 10.5 Å². The minimum absolute atomic E-state index is 0.124. The van der Waals surface area contributed by atoms with Crippen molar-refractivity contribution >= 4 is 22.1 Å². The zero-order valence-electron chi connectivity index (χ0n) is 16.3. The molecule has 3 aromatic rings. The molecule has 3 aromatic carbocycles. The summed E-state index contributed by atoms with van der Waals surface area (Å²) in [6, 6.07) is 24.5. The smallest absolute Gasteiger partial charge is 0.255 e. The Kier molecular flexibility index (Phi) is 6.95. The standard InChI is InChI=1S/C22H21N3O4S/c1-25(30(27,28)21-13-6-3-7-14-21)17-22(26)24-23-16-18-9-8-12-20(15-18)29-19-10-4-2-5-11-19/h2-16H,17H2,1H3,(H,24,26)/b23-16-. The van der Waals surface area contributed by atoms with Crippen molar-refractivity contribution in [2.45, 2.75) is 4.90 Å². The molecule has 154 valence electrons. The largest absolute Gasteiger partial charge is 0.457 e. The van der Waals surface area contributed by atoms with Crippen molar-refractivity contribution in [2.75, 3.05) is 13.6 Å². The first kappa shape index (κ1) is 21.2. The number of hydrogen-bond acceptors (Lipinski definition) is 5. The SMILES string of the molecule is CN(CC(=O)N/N=C\c1cccc(Oc2ccccc2)c1)S(=O)(=O)c1ccccc1. The average Bonchev–Trinajstić information content (AvgIpc) is 2.75. The number of carbonyl (C=O) groups excluding carboxylic acids is 1. The van der Waals surface area contributed by atoms with Gasteiger partial charge in [-0.25, -0.2) is 13.8 Å². The van der Waals surface area contributed by atoms with Crippen molar-refractivity contribution in [3.8, 4) is 11.5 Å². The second kappa shape index (κ2) is 9.82. The maximum absolute atomic E-state index is 12.4. The summed E-state index contributed by atoms with van der Waals surface area (Å²) in [5, 5.41) is 3.90. The third kappa shape index (κ3) is 5.76. The molecule has 0 radical (unpaired) electrons. The van der Waals surface area contributed by atoms with E-state index in [0.717, 1.165) is 4.31 Å². The molecule has 0 bridgehead atoms. The molecular formula is C22H21N3O4S. The number of amides is 1. The highest BCUT2D eigenvalue weighted by molar-refractivity contribution is 7.89. The molecule has 0 aliphatic rings. The van der Waals surface area contributed by atoms with E-state index in [1.165, 1.54) is 25.4 Å². The second-order valence-electron chi connectivity index (χ2n) is 6.35. The van der Waals surface area contributed by atoms with Gasteiger partial charge in [-0.1, -0.05) is 48.5 Å². The topological polar surface area (TPSA) is 88.1 Å². The molecule has 3 rings (SSSR count). The molecule has 30 heavy (non-hydrogen) atoms. The fourth-order valence-corrected chi connectivity index (χ4v) is 3.70. The lowest BCUT2D eigenvalue weighted by molar-refractivity contribution is -0.121. The lowest BCUT2D eigenvalue weighted by Gasteiger charge is -2.15. The van der Waals surface area contributed by atoms with Gasteiger partial charge in [0.15, 0.2) is 0 Å². The summed E-state index contributed by atoms with van der Waals surface area (Å²) in [6.07, 6.45) is 1.46. The summed E-state index contributed by atoms with van der Waals surface area (Å²) >= 11 is 0. The molecular weight excluding hydrogens is 402 g/mol. The van der Waals surface area contributed by atoms with Gasteiger partial charge in [0.2, 0.25) is 10.0 Å². The van der Waals surface area contributed by atoms with E-state index in [-0.39, 0.29) is 11.4 Å². The van der Waals surface area contributed by atoms with E-state index in [1.54, 1.807) is 30.3 Å². The Morgan fingerprint density at radius 2 is 1.60 bits per heavy atom. The Labute approximate surface area is 175 Å². The van der Waals surface area contributed by atoms with Gasteiger partial charge < -0.3 is 4.74 Å². The predicted molar refractivity (Wildman–Crippen MR) is 115 cm³/mol. The van der Waals surface area contributed by atoms with Crippen molar-refractivity contribution in [2.24, 2.45) is 5.10 Å². The number of rotatable bonds is 8. The number of hydrazone groups is 1. The fraction of sp³-hybridized carbons (Fsp3) is 0.0909. The third-order valence-corrected chi connectivity index (χ3v) is 5.88. The van der Waals surface area contributed by atoms with Gasteiger partial charge in [0.05, 0.1) is 17.7 Å². The molecule has 1 amide bonds. The van der Waals surface area contributed by atoms with E-state index in [1.807, 2.05) is 42.5 Å². The summed E-state index contributed by atoms with van der Waals surface area (Å²) in [5.41, 5.74) is 3.06. The first-order valence-corrected chi connectivity index (χ1v) is 10.6. The molecule has 7 nitrogen and oxygen atoms in total. The van der Waals surface area contributed by atoms with Gasteiger partial charge in [-0.05, 0) is 42.0 Å². The van der Waals surface area contributed by atoms with Crippen LogP contribution in [-0.4, -0.2) is 38.4 Å². The number of benzene rings is 3. The van der Waals surface area contributed by atoms with E-state index in [9.17, 15) is 13.2 Å². The van der Waals surface area contributed by atoms with Crippen LogP contribution >= 0.6 is 0 Å². The molecule has 0 fully saturated rings. The number of likely N-dealkylation sites (N-methyl/N-ethyl adjacent to an activating group) is 1. The summed E-state index contributed by atoms with van der Waals surface area (Å²) < 4.78 is 31.6. The molecule has 0 heterocycles. The highest BCUT2D eigenvalue weighted by Crippen LogP contribution is 2.21. The normalized spacial score (nSPS) is 11.5. The van der Waals surface area contributed by atoms with Crippen LogP contribution in [0.1, 0.15) is 5.56 Å². The molecule has 0 atom stereocenters. The van der Waals surface area contributed by atoms with Gasteiger partial charge >= 0.3 is 0 Å². The van der Waals surface area contributed by atoms with Crippen molar-refractivity contribution in [1.29, 1.82) is 0 Å². The highest BCUT2D eigenvalue weighted by Gasteiger charge is 2.22. The van der Waals surface area contributed by atoms with Crippen LogP contribution < -0.4 is 10.2 Å². The summed E-state index contributed by atoms with van der Waals surface area (Å²) in [6.45, 7) is -0.355. The van der Waals surface area contributed by atoms with Crippen molar-refractivity contribution < 1.29 is 17.9 Å². The molecule has 0 aliphatic carbocycles. The van der Waals surface area contributed by atoms with Gasteiger partial charge in [0, 0.05) is 7.05 Å². The molecule has 0 aromatic heterocycles. The number of carbonyl (C=O) groups is 1. The third-order valence-electron chi connectivity index (χ3n) is 4.06. The van der Waals surface area contributed by atoms with Crippen LogP contribution in [0.4, 0.5) is 0 Å². The van der Waals surface area contributed by atoms with Crippen LogP contribution in [0, 0.1) is 0 Å². The van der Waals surface area contributed by atoms with E-state index in [0.29, 0.717) is 17.1 Å². The van der Waals surface area contributed by atoms with Crippen LogP contribution in [0.5, 0.6) is 11.5 Å². The van der Waals surface area contributed by atoms with Gasteiger partial charge in [-0.3, -0.25) is 4.79 Å². The summed E-state index contributed by atoms with van der Waals surface area (Å²) in [7, 11) is -2.40. The lowest BCUT2D eigenvalue weighted by atomic mass is 10.2. The molecule has 0 saturated heterocycles. The van der Waals surface area contributed by atoms with Crippen LogP contribution in [0.15, 0.2) is 94.9 Å². The van der Waals surface area contributed by atoms with Crippen molar-refractivity contribution in [3.05, 3.63) is 90.5 Å². The van der Waals surface area contributed by atoms with Crippen LogP contribution in [0.2, 0.25) is 0 Å². The first-order chi connectivity index (χ1) is 14.4. The number of sulfonamides is 1. The zero-order chi connectivity index (χ0) is 21.4. The summed E-state index contributed by atoms with van der Waals surface area (Å²) in [4.78, 5) is 12.2. The Balaban J connectivity index is 1.56. The minimum atomic E-state index is -3.74. The van der Waals surface area contributed by atoms with Gasteiger partial charge in [-0.2, -0.15) is 9.41 Å². The quantitative estimate of drug-likeness (QED) is 0.445. The van der Waals surface area contributed by atoms with E-state index >= 15 is 0 Å². The molecule has 0 spiro atoms. The number of nitrogens with zero attached hydrogens (tertiary/aromatic N) is 2. The van der Waals surface area contributed by atoms with Gasteiger partial charge in [0.25, 0.3) is 5.91 Å². The molecule has 1 N–H and O–H groups in total. The molecule has 8 heteroatoms. The number of hydrogen-bond donors (Lipinski definition) is 1. The zero-order valence-corrected chi connectivity index (χ0v) is 17.1. The predicted octanol–water partition coefficient (Wildman–Crippen LogP) is 3.25. The number of ether oxygens (including phenoxy) is 1. The van der Waals surface area contributed by atoms with Gasteiger partial charge in [0.1, 0.15) is 11.5 Å². The van der Waals surface area contributed by atoms with E-state index < -0.39 is 15.9 Å². The highest BCUT2D eigenvalue weighted by atomic mass is 32.2. The van der Waals surface area contributed by atoms with Crippen LogP contribution in [-0.2, 0) is 14.8 Å². The monoisotopic (exact) mass is 423 g/mol. The fourth-order valence-electron chi connectivity index (χ4n) is 2.56. The molecule has 0 saturated carbocycles. The van der Waals surface area contributed by atoms with E-state index in [4.69, 9.17) is 4.74 Å². The Morgan fingerprint density at radius 3 is 2.30 bits per heavy atom. The lowest BCUT2D eigenvalue weighted by Crippen LogP contribution is -2.36. The van der Waals surface area contributed by atoms with Gasteiger partial charge in [-0.15, -0.1) is 0 Å². The Bertz CT molecular complexity index is 1120. The van der Waals surface area contributed by atoms with Crippen LogP contribution in [0.25, 0.3) is 0 Å². The first-order valence-electron chi connectivity index (χ1n) is 9.11. The average molecular weight is 423 g/mol. The molecule has 0 unspecified atom stereocenters. The maximum atomic E-state index is 12.4. The van der Waals surface area contributed by atoms with Crippen molar-refractivity contribution in [1.82, 2.24) is 9.73 Å². The summed E-state index contributed by atoms with van der Waals surface area (Å²) in [5.74, 6) is 0.790. The number of para-hydroxylation sites is 1. The minimum Gasteiger partial charge on any atom is -0.457 e. The second-order valence-corrected chi connectivity index (χ2v) is 8.40. The van der Waals surface area contributed by atoms with Crippen molar-refractivity contribution in [3.63, 3.8) is 0 Å². The van der Waals surface area contributed by atoms with Crippen LogP contribution in [0.3, 0.4) is 0 Å². The number of nitrogens with one attached hydrogen (secondary N) is 1. The Hall–Kier alpha value is -3.49. The Morgan fingerprint density at radius 1 is 0.967 bits per heavy atom. The molecule has 0 aliphatic heterocycles.